The van der Waals surface area contributed by atoms with E-state index in [1.807, 2.05) is 12.1 Å². The van der Waals surface area contributed by atoms with Gasteiger partial charge in [0.2, 0.25) is 0 Å². The molecule has 0 N–H and O–H groups in total. The zero-order chi connectivity index (χ0) is 8.39. The molecule has 1 aromatic carbocycles. The van der Waals surface area contributed by atoms with Crippen molar-refractivity contribution >= 4 is 11.6 Å². The summed E-state index contributed by atoms with van der Waals surface area (Å²) in [5.74, 6) is 0.903. The first-order chi connectivity index (χ1) is 5.84. The van der Waals surface area contributed by atoms with Gasteiger partial charge in [-0.1, -0.05) is 23.7 Å². The summed E-state index contributed by atoms with van der Waals surface area (Å²) in [6, 6.07) is 8.11. The molecule has 63 valence electrons. The molecule has 1 radical (unpaired) electrons. The lowest BCUT2D eigenvalue weighted by Crippen LogP contribution is -1.86. The van der Waals surface area contributed by atoms with Gasteiger partial charge in [-0.3, -0.25) is 0 Å². The van der Waals surface area contributed by atoms with Crippen LogP contribution in [0.4, 0.5) is 0 Å². The molecule has 0 bridgehead atoms. The summed E-state index contributed by atoms with van der Waals surface area (Å²) < 4.78 is 0. The van der Waals surface area contributed by atoms with E-state index in [0.717, 1.165) is 17.4 Å². The lowest BCUT2D eigenvalue weighted by molar-refractivity contribution is 0.925. The molecule has 0 amide bonds. The van der Waals surface area contributed by atoms with Crippen LogP contribution in [0.2, 0.25) is 5.02 Å². The van der Waals surface area contributed by atoms with Crippen LogP contribution < -0.4 is 0 Å². The maximum atomic E-state index is 5.78. The average molecular weight is 180 g/mol. The summed E-state index contributed by atoms with van der Waals surface area (Å²) in [6.07, 6.45) is 6.30. The molecule has 1 aliphatic rings. The fraction of sp³-hybridized carbons (Fsp3) is 0.364. The van der Waals surface area contributed by atoms with E-state index in [2.05, 4.69) is 18.6 Å². The molecule has 0 aromatic heterocycles. The molecule has 2 rings (SSSR count). The zero-order valence-electron chi connectivity index (χ0n) is 6.96. The molecule has 1 aromatic rings. The van der Waals surface area contributed by atoms with Crippen LogP contribution in [0.25, 0.3) is 0 Å². The van der Waals surface area contributed by atoms with Crippen molar-refractivity contribution in [2.24, 2.45) is 5.92 Å². The number of hydrogen-bond donors (Lipinski definition) is 0. The van der Waals surface area contributed by atoms with E-state index in [9.17, 15) is 0 Å². The Morgan fingerprint density at radius 2 is 1.92 bits per heavy atom. The van der Waals surface area contributed by atoms with Crippen LogP contribution in [-0.2, 0) is 6.42 Å². The lowest BCUT2D eigenvalue weighted by atomic mass is 10.1. The number of benzene rings is 1. The molecule has 0 nitrogen and oxygen atoms in total. The standard InChI is InChI=1S/C11H12Cl/c12-11-7-5-10(6-8-11)4-3-9-1-2-9/h3,5-9H,1-2,4H2. The lowest BCUT2D eigenvalue weighted by Gasteiger charge is -1.98. The summed E-state index contributed by atoms with van der Waals surface area (Å²) in [5, 5.41) is 0.824. The average Bonchev–Trinajstić information content (AvgIpc) is 2.87. The van der Waals surface area contributed by atoms with E-state index in [4.69, 9.17) is 11.6 Å². The predicted molar refractivity (Wildman–Crippen MR) is 52.2 cm³/mol. The van der Waals surface area contributed by atoms with E-state index in [1.54, 1.807) is 0 Å². The summed E-state index contributed by atoms with van der Waals surface area (Å²) in [5.41, 5.74) is 1.37. The summed E-state index contributed by atoms with van der Waals surface area (Å²) in [4.78, 5) is 0. The highest BCUT2D eigenvalue weighted by atomic mass is 35.5. The smallest absolute Gasteiger partial charge is 0.0406 e. The van der Waals surface area contributed by atoms with Gasteiger partial charge in [0.15, 0.2) is 0 Å². The zero-order valence-corrected chi connectivity index (χ0v) is 7.72. The van der Waals surface area contributed by atoms with E-state index in [1.165, 1.54) is 18.4 Å². The van der Waals surface area contributed by atoms with Crippen molar-refractivity contribution in [1.29, 1.82) is 0 Å². The molecule has 1 fully saturated rings. The molecule has 0 saturated heterocycles. The van der Waals surface area contributed by atoms with Crippen molar-refractivity contribution in [1.82, 2.24) is 0 Å². The molecule has 12 heavy (non-hydrogen) atoms. The largest absolute Gasteiger partial charge is 0.0843 e. The van der Waals surface area contributed by atoms with Gasteiger partial charge in [-0.2, -0.15) is 0 Å². The third kappa shape index (κ3) is 2.25. The second-order valence-corrected chi connectivity index (χ2v) is 3.84. The van der Waals surface area contributed by atoms with Crippen molar-refractivity contribution in [3.63, 3.8) is 0 Å². The first kappa shape index (κ1) is 8.12. The Hall–Kier alpha value is -0.490. The minimum absolute atomic E-state index is 0.824. The Labute approximate surface area is 78.6 Å². The van der Waals surface area contributed by atoms with Crippen LogP contribution in [-0.4, -0.2) is 0 Å². The molecular weight excluding hydrogens is 168 g/mol. The van der Waals surface area contributed by atoms with E-state index >= 15 is 0 Å². The SMILES string of the molecule is Clc1ccc(C[CH]C2CC2)cc1. The van der Waals surface area contributed by atoms with Gasteiger partial charge in [0.05, 0.1) is 0 Å². The summed E-state index contributed by atoms with van der Waals surface area (Å²) >= 11 is 5.78. The molecular formula is C11H12Cl. The fourth-order valence-corrected chi connectivity index (χ4v) is 1.38. The maximum Gasteiger partial charge on any atom is 0.0406 e. The molecule has 0 heterocycles. The van der Waals surface area contributed by atoms with Gasteiger partial charge >= 0.3 is 0 Å². The van der Waals surface area contributed by atoms with E-state index < -0.39 is 0 Å². The Balaban J connectivity index is 1.89. The molecule has 1 saturated carbocycles. The van der Waals surface area contributed by atoms with Gasteiger partial charge in [-0.05, 0) is 49.3 Å². The molecule has 1 aliphatic carbocycles. The normalized spacial score (nSPS) is 16.4. The molecule has 0 atom stereocenters. The van der Waals surface area contributed by atoms with Gasteiger partial charge in [-0.15, -0.1) is 0 Å². The third-order valence-electron chi connectivity index (χ3n) is 2.22. The van der Waals surface area contributed by atoms with Crippen molar-refractivity contribution in [3.05, 3.63) is 41.3 Å². The molecule has 1 heteroatoms. The van der Waals surface area contributed by atoms with Gasteiger partial charge < -0.3 is 0 Å². The van der Waals surface area contributed by atoms with Crippen LogP contribution >= 0.6 is 11.6 Å². The Bertz CT molecular complexity index is 246. The predicted octanol–water partition coefficient (Wildman–Crippen LogP) is 3.50. The minimum atomic E-state index is 0.824. The van der Waals surface area contributed by atoms with Crippen LogP contribution in [0.5, 0.6) is 0 Å². The third-order valence-corrected chi connectivity index (χ3v) is 2.47. The summed E-state index contributed by atoms with van der Waals surface area (Å²) in [6.45, 7) is 0. The van der Waals surface area contributed by atoms with Gasteiger partial charge in [0.1, 0.15) is 0 Å². The first-order valence-electron chi connectivity index (χ1n) is 4.42. The number of hydrogen-bond acceptors (Lipinski definition) is 0. The van der Waals surface area contributed by atoms with Crippen molar-refractivity contribution < 1.29 is 0 Å². The van der Waals surface area contributed by atoms with Gasteiger partial charge in [0, 0.05) is 5.02 Å². The number of rotatable bonds is 3. The first-order valence-corrected chi connectivity index (χ1v) is 4.80. The quantitative estimate of drug-likeness (QED) is 0.667. The highest BCUT2D eigenvalue weighted by molar-refractivity contribution is 6.30. The molecule has 0 unspecified atom stereocenters. The highest BCUT2D eigenvalue weighted by Crippen LogP contribution is 2.32. The highest BCUT2D eigenvalue weighted by Gasteiger charge is 2.20. The van der Waals surface area contributed by atoms with Crippen LogP contribution in [0.1, 0.15) is 18.4 Å². The van der Waals surface area contributed by atoms with Crippen LogP contribution in [0.3, 0.4) is 0 Å². The minimum Gasteiger partial charge on any atom is -0.0843 e. The van der Waals surface area contributed by atoms with E-state index in [-0.39, 0.29) is 0 Å². The molecule has 0 spiro atoms. The summed E-state index contributed by atoms with van der Waals surface area (Å²) in [7, 11) is 0. The van der Waals surface area contributed by atoms with Gasteiger partial charge in [-0.25, -0.2) is 0 Å². The monoisotopic (exact) mass is 179 g/mol. The maximum absolute atomic E-state index is 5.78. The van der Waals surface area contributed by atoms with Gasteiger partial charge in [0.25, 0.3) is 0 Å². The molecule has 0 aliphatic heterocycles. The van der Waals surface area contributed by atoms with Crippen molar-refractivity contribution in [2.45, 2.75) is 19.3 Å². The van der Waals surface area contributed by atoms with Crippen molar-refractivity contribution in [3.8, 4) is 0 Å². The second kappa shape index (κ2) is 3.49. The van der Waals surface area contributed by atoms with Crippen LogP contribution in [0.15, 0.2) is 24.3 Å². The Morgan fingerprint density at radius 1 is 1.25 bits per heavy atom. The fourth-order valence-electron chi connectivity index (χ4n) is 1.26. The van der Waals surface area contributed by atoms with Crippen LogP contribution in [0, 0.1) is 12.3 Å². The van der Waals surface area contributed by atoms with E-state index in [0.29, 0.717) is 0 Å². The Kier molecular flexibility index (Phi) is 2.36. The number of halogens is 1. The Morgan fingerprint density at radius 3 is 2.50 bits per heavy atom. The van der Waals surface area contributed by atoms with Crippen molar-refractivity contribution in [2.75, 3.05) is 0 Å². The topological polar surface area (TPSA) is 0 Å². The second-order valence-electron chi connectivity index (χ2n) is 3.40.